The zero-order valence-corrected chi connectivity index (χ0v) is 18.7. The molecule has 0 radical (unpaired) electrons. The number of carbonyl (C=O) groups is 1. The van der Waals surface area contributed by atoms with E-state index in [4.69, 9.17) is 16.3 Å². The Labute approximate surface area is 193 Å². The second kappa shape index (κ2) is 9.14. The molecule has 32 heavy (non-hydrogen) atoms. The summed E-state index contributed by atoms with van der Waals surface area (Å²) in [6.45, 7) is 1.74. The number of hydrogen-bond acceptors (Lipinski definition) is 7. The van der Waals surface area contributed by atoms with Crippen LogP contribution >= 0.6 is 23.1 Å². The molecule has 1 aromatic heterocycles. The fraction of sp³-hybridized carbons (Fsp3) is 0.0870. The van der Waals surface area contributed by atoms with Crippen LogP contribution in [0.1, 0.15) is 21.6 Å². The minimum Gasteiger partial charge on any atom is -0.494 e. The normalized spacial score (nSPS) is 10.9. The minimum absolute atomic E-state index is 0.277. The maximum absolute atomic E-state index is 13.1. The van der Waals surface area contributed by atoms with E-state index in [1.54, 1.807) is 37.3 Å². The summed E-state index contributed by atoms with van der Waals surface area (Å²) in [5.74, 6) is -0.0867. The van der Waals surface area contributed by atoms with E-state index in [9.17, 15) is 10.1 Å². The Kier molecular flexibility index (Phi) is 6.12. The molecule has 1 amide bonds. The van der Waals surface area contributed by atoms with Crippen molar-refractivity contribution >= 4 is 56.2 Å². The molecule has 3 aromatic carbocycles. The summed E-state index contributed by atoms with van der Waals surface area (Å²) in [5.41, 5.74) is 2.26. The zero-order chi connectivity index (χ0) is 22.7. The number of ether oxygens (including phenoxy) is 1. The van der Waals surface area contributed by atoms with Crippen LogP contribution in [-0.4, -0.2) is 17.4 Å². The molecule has 0 fully saturated rings. The molecule has 0 unspecified atom stereocenters. The fourth-order valence-corrected chi connectivity index (χ4v) is 3.97. The minimum atomic E-state index is -0.363. The predicted molar refractivity (Wildman–Crippen MR) is 126 cm³/mol. The molecule has 7 nitrogen and oxygen atoms in total. The van der Waals surface area contributed by atoms with Crippen LogP contribution in [0.5, 0.6) is 5.75 Å². The molecule has 4 rings (SSSR count). The first-order valence-corrected chi connectivity index (χ1v) is 10.6. The molecule has 0 saturated heterocycles. The molecule has 0 aliphatic carbocycles. The number of aromatic nitrogens is 1. The van der Waals surface area contributed by atoms with Gasteiger partial charge in [0.15, 0.2) is 10.8 Å². The number of anilines is 1. The number of azo groups is 1. The first kappa shape index (κ1) is 21.4. The number of benzene rings is 3. The third-order valence-electron chi connectivity index (χ3n) is 4.72. The number of carbonyl (C=O) groups excluding carboxylic acids is 1. The first-order chi connectivity index (χ1) is 15.5. The molecule has 1 heterocycles. The van der Waals surface area contributed by atoms with Gasteiger partial charge in [0.25, 0.3) is 5.91 Å². The number of halogens is 1. The van der Waals surface area contributed by atoms with E-state index in [-0.39, 0.29) is 11.7 Å². The van der Waals surface area contributed by atoms with Crippen molar-refractivity contribution in [3.63, 3.8) is 0 Å². The maximum atomic E-state index is 13.1. The van der Waals surface area contributed by atoms with E-state index in [1.807, 2.05) is 24.3 Å². The van der Waals surface area contributed by atoms with Crippen molar-refractivity contribution in [2.75, 3.05) is 12.4 Å². The molecule has 0 aliphatic rings. The van der Waals surface area contributed by atoms with Crippen LogP contribution in [0, 0.1) is 18.3 Å². The highest BCUT2D eigenvalue weighted by Crippen LogP contribution is 2.41. The third-order valence-corrected chi connectivity index (χ3v) is 5.80. The molecule has 0 saturated carbocycles. The van der Waals surface area contributed by atoms with Gasteiger partial charge in [-0.3, -0.25) is 4.79 Å². The zero-order valence-electron chi connectivity index (χ0n) is 17.1. The van der Waals surface area contributed by atoms with Crippen molar-refractivity contribution < 1.29 is 9.53 Å². The van der Waals surface area contributed by atoms with Crippen molar-refractivity contribution in [2.45, 2.75) is 6.92 Å². The Morgan fingerprint density at radius 1 is 1.19 bits per heavy atom. The van der Waals surface area contributed by atoms with Gasteiger partial charge in [0.2, 0.25) is 0 Å². The summed E-state index contributed by atoms with van der Waals surface area (Å²) in [5, 5.41) is 23.4. The van der Waals surface area contributed by atoms with E-state index in [2.05, 4.69) is 26.0 Å². The number of aryl methyl sites for hydroxylation is 1. The van der Waals surface area contributed by atoms with E-state index in [0.717, 1.165) is 22.3 Å². The van der Waals surface area contributed by atoms with Gasteiger partial charge in [-0.25, -0.2) is 0 Å². The average Bonchev–Trinajstić information content (AvgIpc) is 3.17. The SMILES string of the molecule is COc1c(C(=O)Nc2ccc(Cl)cc2)cc2ccccc2c1N=Nc1snc(C)c1C#N. The van der Waals surface area contributed by atoms with E-state index in [1.165, 1.54) is 7.11 Å². The van der Waals surface area contributed by atoms with Crippen LogP contribution in [0.15, 0.2) is 64.8 Å². The Hall–Kier alpha value is -3.80. The summed E-state index contributed by atoms with van der Waals surface area (Å²) in [7, 11) is 1.47. The Balaban J connectivity index is 1.82. The van der Waals surface area contributed by atoms with E-state index < -0.39 is 0 Å². The molecular formula is C23H16ClN5O2S. The van der Waals surface area contributed by atoms with Crippen LogP contribution in [0.25, 0.3) is 10.8 Å². The summed E-state index contributed by atoms with van der Waals surface area (Å²) >= 11 is 7.02. The van der Waals surface area contributed by atoms with Crippen molar-refractivity contribution in [2.24, 2.45) is 10.2 Å². The molecule has 9 heteroatoms. The largest absolute Gasteiger partial charge is 0.494 e. The number of amides is 1. The van der Waals surface area contributed by atoms with Gasteiger partial charge >= 0.3 is 0 Å². The van der Waals surface area contributed by atoms with E-state index >= 15 is 0 Å². The van der Waals surface area contributed by atoms with Crippen molar-refractivity contribution in [3.05, 3.63) is 76.4 Å². The maximum Gasteiger partial charge on any atom is 0.259 e. The fourth-order valence-electron chi connectivity index (χ4n) is 3.17. The highest BCUT2D eigenvalue weighted by atomic mass is 35.5. The molecule has 0 aliphatic heterocycles. The van der Waals surface area contributed by atoms with Gasteiger partial charge in [0.1, 0.15) is 17.3 Å². The molecular weight excluding hydrogens is 446 g/mol. The first-order valence-electron chi connectivity index (χ1n) is 9.46. The van der Waals surface area contributed by atoms with Gasteiger partial charge in [-0.1, -0.05) is 35.9 Å². The van der Waals surface area contributed by atoms with Crippen LogP contribution in [0.3, 0.4) is 0 Å². The third kappa shape index (κ3) is 4.17. The quantitative estimate of drug-likeness (QED) is 0.330. The number of rotatable bonds is 5. The van der Waals surface area contributed by atoms with E-state index in [0.29, 0.717) is 38.2 Å². The van der Waals surface area contributed by atoms with Gasteiger partial charge in [0, 0.05) is 16.1 Å². The smallest absolute Gasteiger partial charge is 0.259 e. The van der Waals surface area contributed by atoms with Crippen LogP contribution in [0.2, 0.25) is 5.02 Å². The van der Waals surface area contributed by atoms with Gasteiger partial charge in [-0.05, 0) is 54.2 Å². The summed E-state index contributed by atoms with van der Waals surface area (Å²) in [6.07, 6.45) is 0. The van der Waals surface area contributed by atoms with Crippen molar-refractivity contribution in [1.82, 2.24) is 4.37 Å². The highest BCUT2D eigenvalue weighted by Gasteiger charge is 2.20. The molecule has 0 spiro atoms. The number of nitrogens with zero attached hydrogens (tertiary/aromatic N) is 4. The second-order valence-electron chi connectivity index (χ2n) is 6.75. The summed E-state index contributed by atoms with van der Waals surface area (Å²) < 4.78 is 9.76. The average molecular weight is 462 g/mol. The molecule has 0 bridgehead atoms. The van der Waals surface area contributed by atoms with Gasteiger partial charge in [-0.2, -0.15) is 9.64 Å². The lowest BCUT2D eigenvalue weighted by atomic mass is 10.0. The number of nitrogens with one attached hydrogen (secondary N) is 1. The van der Waals surface area contributed by atoms with Crippen LogP contribution in [0.4, 0.5) is 16.4 Å². The second-order valence-corrected chi connectivity index (χ2v) is 7.94. The molecule has 4 aromatic rings. The Bertz CT molecular complexity index is 1390. The number of methoxy groups -OCH3 is 1. The topological polar surface area (TPSA) is 99.7 Å². The lowest BCUT2D eigenvalue weighted by Gasteiger charge is -2.14. The monoisotopic (exact) mass is 461 g/mol. The number of hydrogen-bond donors (Lipinski definition) is 1. The summed E-state index contributed by atoms with van der Waals surface area (Å²) in [6, 6.07) is 18.1. The van der Waals surface area contributed by atoms with Crippen molar-refractivity contribution in [3.8, 4) is 11.8 Å². The molecule has 1 N–H and O–H groups in total. The number of nitriles is 1. The Morgan fingerprint density at radius 3 is 2.66 bits per heavy atom. The van der Waals surface area contributed by atoms with Crippen LogP contribution in [-0.2, 0) is 0 Å². The standard InChI is InChI=1S/C23H16ClN5O2S/c1-13-19(12-25)23(32-29-13)28-27-20-17-6-4-3-5-14(17)11-18(21(20)31-2)22(30)26-16-9-7-15(24)8-10-16/h3-11H,1-2H3,(H,26,30). The predicted octanol–water partition coefficient (Wildman–Crippen LogP) is 6.81. The van der Waals surface area contributed by atoms with Gasteiger partial charge in [0.05, 0.1) is 18.4 Å². The van der Waals surface area contributed by atoms with Crippen LogP contribution < -0.4 is 10.1 Å². The van der Waals surface area contributed by atoms with Gasteiger partial charge < -0.3 is 10.1 Å². The van der Waals surface area contributed by atoms with Crippen molar-refractivity contribution in [1.29, 1.82) is 5.26 Å². The lowest BCUT2D eigenvalue weighted by Crippen LogP contribution is -2.13. The molecule has 0 atom stereocenters. The van der Waals surface area contributed by atoms with Gasteiger partial charge in [-0.15, -0.1) is 10.2 Å². The Morgan fingerprint density at radius 2 is 1.94 bits per heavy atom. The number of fused-ring (bicyclic) bond motifs is 1. The summed E-state index contributed by atoms with van der Waals surface area (Å²) in [4.78, 5) is 13.1. The molecule has 158 valence electrons. The lowest BCUT2D eigenvalue weighted by molar-refractivity contribution is 0.102. The highest BCUT2D eigenvalue weighted by molar-refractivity contribution is 7.10.